The molecule has 0 unspecified atom stereocenters. The number of rotatable bonds is 8. The third kappa shape index (κ3) is 6.25. The molecule has 0 spiro atoms. The number of benzene rings is 3. The van der Waals surface area contributed by atoms with Crippen LogP contribution >= 0.6 is 23.2 Å². The summed E-state index contributed by atoms with van der Waals surface area (Å²) in [5.41, 5.74) is 1.46. The number of carbonyl (C=O) groups is 1. The Morgan fingerprint density at radius 1 is 1.15 bits per heavy atom. The van der Waals surface area contributed by atoms with E-state index in [-0.39, 0.29) is 34.4 Å². The number of amides is 1. The van der Waals surface area contributed by atoms with E-state index in [2.05, 4.69) is 5.32 Å². The van der Waals surface area contributed by atoms with E-state index in [0.717, 1.165) is 0 Å². The molecule has 3 aromatic carbocycles. The Hall–Kier alpha value is -4.06. The lowest BCUT2D eigenvalue weighted by atomic mass is 10.1. The Morgan fingerprint density at radius 2 is 1.82 bits per heavy atom. The summed E-state index contributed by atoms with van der Waals surface area (Å²) >= 11 is 12.2. The Labute approximate surface area is 205 Å². The second kappa shape index (κ2) is 11.2. The quantitative estimate of drug-likeness (QED) is 0.175. The molecule has 0 heterocycles. The van der Waals surface area contributed by atoms with Crippen LogP contribution < -0.4 is 14.8 Å². The van der Waals surface area contributed by atoms with Gasteiger partial charge in [-0.25, -0.2) is 0 Å². The second-order valence-electron chi connectivity index (χ2n) is 6.88. The van der Waals surface area contributed by atoms with E-state index >= 15 is 0 Å². The van der Waals surface area contributed by atoms with Gasteiger partial charge in [0.15, 0.2) is 11.5 Å². The molecule has 0 aliphatic rings. The molecule has 1 amide bonds. The van der Waals surface area contributed by atoms with Gasteiger partial charge < -0.3 is 14.8 Å². The largest absolute Gasteiger partial charge is 0.493 e. The molecule has 172 valence electrons. The van der Waals surface area contributed by atoms with Gasteiger partial charge in [0, 0.05) is 22.8 Å². The van der Waals surface area contributed by atoms with Gasteiger partial charge in [-0.05, 0) is 65.7 Å². The maximum atomic E-state index is 12.5. The van der Waals surface area contributed by atoms with Crippen molar-refractivity contribution in [3.8, 4) is 17.6 Å². The van der Waals surface area contributed by atoms with Gasteiger partial charge in [0.25, 0.3) is 11.6 Å². The fraction of sp³-hybridized carbons (Fsp3) is 0.0833. The molecule has 0 aromatic heterocycles. The number of ether oxygens (including phenoxy) is 2. The zero-order valence-corrected chi connectivity index (χ0v) is 19.3. The number of nitrogens with zero attached hydrogens (tertiary/aromatic N) is 2. The average Bonchev–Trinajstić information content (AvgIpc) is 2.83. The van der Waals surface area contributed by atoms with Crippen molar-refractivity contribution in [2.45, 2.75) is 6.61 Å². The predicted molar refractivity (Wildman–Crippen MR) is 129 cm³/mol. The van der Waals surface area contributed by atoms with Crippen LogP contribution in [0.15, 0.2) is 66.2 Å². The second-order valence-corrected chi connectivity index (χ2v) is 7.72. The highest BCUT2D eigenvalue weighted by atomic mass is 35.5. The number of carbonyl (C=O) groups excluding carboxylic acids is 1. The Balaban J connectivity index is 1.78. The van der Waals surface area contributed by atoms with Gasteiger partial charge in [-0.2, -0.15) is 5.26 Å². The van der Waals surface area contributed by atoms with E-state index in [9.17, 15) is 20.2 Å². The van der Waals surface area contributed by atoms with Crippen LogP contribution in [0.25, 0.3) is 6.08 Å². The van der Waals surface area contributed by atoms with E-state index < -0.39 is 10.8 Å². The van der Waals surface area contributed by atoms with Crippen molar-refractivity contribution in [1.82, 2.24) is 0 Å². The summed E-state index contributed by atoms with van der Waals surface area (Å²) in [5.74, 6) is -0.0572. The molecule has 10 heteroatoms. The highest BCUT2D eigenvalue weighted by Crippen LogP contribution is 2.37. The minimum absolute atomic E-state index is 0.0242. The first-order valence-electron chi connectivity index (χ1n) is 9.73. The molecule has 3 aromatic rings. The maximum Gasteiger partial charge on any atom is 0.269 e. The van der Waals surface area contributed by atoms with Crippen LogP contribution in [0.5, 0.6) is 11.5 Å². The summed E-state index contributed by atoms with van der Waals surface area (Å²) in [5, 5.41) is 23.6. The number of methoxy groups -OCH3 is 1. The third-order valence-electron chi connectivity index (χ3n) is 4.56. The summed E-state index contributed by atoms with van der Waals surface area (Å²) in [6.45, 7) is 0.0935. The smallest absolute Gasteiger partial charge is 0.269 e. The molecule has 0 aliphatic carbocycles. The number of non-ortho nitro benzene ring substituents is 1. The van der Waals surface area contributed by atoms with Crippen LogP contribution in [-0.4, -0.2) is 17.9 Å². The van der Waals surface area contributed by atoms with Crippen molar-refractivity contribution in [3.05, 3.63) is 97.5 Å². The molecule has 1 N–H and O–H groups in total. The molecule has 0 radical (unpaired) electrons. The minimum Gasteiger partial charge on any atom is -0.493 e. The Morgan fingerprint density at radius 3 is 2.41 bits per heavy atom. The number of hydrogen-bond donors (Lipinski definition) is 1. The first kappa shape index (κ1) is 24.6. The number of halogens is 2. The zero-order valence-electron chi connectivity index (χ0n) is 17.7. The lowest BCUT2D eigenvalue weighted by Crippen LogP contribution is -2.13. The molecule has 34 heavy (non-hydrogen) atoms. The predicted octanol–water partition coefficient (Wildman–Crippen LogP) is 6.03. The van der Waals surface area contributed by atoms with Crippen molar-refractivity contribution in [1.29, 1.82) is 5.26 Å². The summed E-state index contributed by atoms with van der Waals surface area (Å²) in [6.07, 6.45) is 1.37. The van der Waals surface area contributed by atoms with Gasteiger partial charge in [-0.3, -0.25) is 14.9 Å². The highest BCUT2D eigenvalue weighted by Gasteiger charge is 2.15. The van der Waals surface area contributed by atoms with Crippen molar-refractivity contribution in [2.75, 3.05) is 12.4 Å². The maximum absolute atomic E-state index is 12.5. The van der Waals surface area contributed by atoms with Gasteiger partial charge in [0.2, 0.25) is 0 Å². The van der Waals surface area contributed by atoms with Crippen LogP contribution in [-0.2, 0) is 11.4 Å². The van der Waals surface area contributed by atoms with Gasteiger partial charge in [0.05, 0.1) is 17.1 Å². The molecule has 0 bridgehead atoms. The first-order chi connectivity index (χ1) is 16.3. The lowest BCUT2D eigenvalue weighted by molar-refractivity contribution is -0.384. The van der Waals surface area contributed by atoms with E-state index in [4.69, 9.17) is 32.7 Å². The summed E-state index contributed by atoms with van der Waals surface area (Å²) in [7, 11) is 1.43. The van der Waals surface area contributed by atoms with Gasteiger partial charge in [-0.1, -0.05) is 23.2 Å². The number of nitriles is 1. The van der Waals surface area contributed by atoms with Gasteiger partial charge in [-0.15, -0.1) is 0 Å². The van der Waals surface area contributed by atoms with E-state index in [1.165, 1.54) is 31.4 Å². The molecule has 0 fully saturated rings. The number of nitrogens with one attached hydrogen (secondary N) is 1. The zero-order chi connectivity index (χ0) is 24.7. The average molecular weight is 498 g/mol. The van der Waals surface area contributed by atoms with E-state index in [0.29, 0.717) is 21.8 Å². The van der Waals surface area contributed by atoms with Crippen LogP contribution in [0.4, 0.5) is 11.4 Å². The number of nitro groups is 1. The van der Waals surface area contributed by atoms with Crippen LogP contribution in [0, 0.1) is 21.4 Å². The molecule has 0 saturated carbocycles. The summed E-state index contributed by atoms with van der Waals surface area (Å²) < 4.78 is 11.1. The fourth-order valence-corrected chi connectivity index (χ4v) is 3.28. The standard InChI is InChI=1S/C24H17Cl2N3O5/c1-33-22-12-16(10-17(13-27)24(30)28-19-6-4-18(25)5-7-19)11-21(26)23(22)34-14-15-2-8-20(9-3-15)29(31)32/h2-12H,14H2,1H3,(H,28,30)/b17-10-. The van der Waals surface area contributed by atoms with Gasteiger partial charge >= 0.3 is 0 Å². The third-order valence-corrected chi connectivity index (χ3v) is 5.09. The number of anilines is 1. The van der Waals surface area contributed by atoms with Crippen molar-refractivity contribution in [2.24, 2.45) is 0 Å². The van der Waals surface area contributed by atoms with Crippen molar-refractivity contribution in [3.63, 3.8) is 0 Å². The fourth-order valence-electron chi connectivity index (χ4n) is 2.88. The molecule has 8 nitrogen and oxygen atoms in total. The molecular formula is C24H17Cl2N3O5. The monoisotopic (exact) mass is 497 g/mol. The SMILES string of the molecule is COc1cc(/C=C(/C#N)C(=O)Nc2ccc(Cl)cc2)cc(Cl)c1OCc1ccc([N+](=O)[O-])cc1. The van der Waals surface area contributed by atoms with E-state index in [1.807, 2.05) is 6.07 Å². The summed E-state index contributed by atoms with van der Waals surface area (Å²) in [6, 6.07) is 17.4. The topological polar surface area (TPSA) is 114 Å². The van der Waals surface area contributed by atoms with Crippen molar-refractivity contribution >= 4 is 46.6 Å². The Kier molecular flexibility index (Phi) is 8.09. The summed E-state index contributed by atoms with van der Waals surface area (Å²) in [4.78, 5) is 22.8. The van der Waals surface area contributed by atoms with Crippen LogP contribution in [0.3, 0.4) is 0 Å². The number of nitro benzene ring substituents is 1. The minimum atomic E-state index is -0.599. The van der Waals surface area contributed by atoms with Crippen LogP contribution in [0.1, 0.15) is 11.1 Å². The molecular weight excluding hydrogens is 481 g/mol. The molecule has 0 saturated heterocycles. The normalized spacial score (nSPS) is 10.8. The number of hydrogen-bond acceptors (Lipinski definition) is 6. The highest BCUT2D eigenvalue weighted by molar-refractivity contribution is 6.32. The first-order valence-corrected chi connectivity index (χ1v) is 10.5. The van der Waals surface area contributed by atoms with E-state index in [1.54, 1.807) is 42.5 Å². The van der Waals surface area contributed by atoms with Gasteiger partial charge in [0.1, 0.15) is 18.2 Å². The van der Waals surface area contributed by atoms with Crippen molar-refractivity contribution < 1.29 is 19.2 Å². The van der Waals surface area contributed by atoms with Crippen LogP contribution in [0.2, 0.25) is 10.0 Å². The Bertz CT molecular complexity index is 1280. The lowest BCUT2D eigenvalue weighted by Gasteiger charge is -2.13. The molecule has 3 rings (SSSR count). The molecule has 0 aliphatic heterocycles. The molecule has 0 atom stereocenters.